The summed E-state index contributed by atoms with van der Waals surface area (Å²) in [7, 11) is 3.45. The van der Waals surface area contributed by atoms with E-state index in [1.54, 1.807) is 11.8 Å². The zero-order chi connectivity index (χ0) is 12.3. The van der Waals surface area contributed by atoms with Crippen molar-refractivity contribution in [1.82, 2.24) is 15.0 Å². The Kier molecular flexibility index (Phi) is 3.76. The molecule has 2 heterocycles. The molecule has 1 atom stereocenters. The predicted molar refractivity (Wildman–Crippen MR) is 60.5 cm³/mol. The molecule has 0 aromatic carbocycles. The molecule has 6 nitrogen and oxygen atoms in total. The minimum Gasteiger partial charge on any atom is -0.390 e. The number of aliphatic hydroxyl groups is 1. The highest BCUT2D eigenvalue weighted by atomic mass is 16.5. The van der Waals surface area contributed by atoms with Gasteiger partial charge in [0.15, 0.2) is 0 Å². The molecule has 6 heteroatoms. The van der Waals surface area contributed by atoms with Gasteiger partial charge in [-0.25, -0.2) is 0 Å². The molecule has 1 aromatic rings. The second-order valence-electron chi connectivity index (χ2n) is 4.48. The molecule has 0 aliphatic carbocycles. The maximum absolute atomic E-state index is 10.3. The van der Waals surface area contributed by atoms with Crippen LogP contribution < -0.4 is 0 Å². The molecule has 17 heavy (non-hydrogen) atoms. The minimum atomic E-state index is -0.576. The molecular weight excluding hydrogens is 222 g/mol. The molecule has 1 N–H and O–H groups in total. The van der Waals surface area contributed by atoms with Crippen molar-refractivity contribution in [1.29, 1.82) is 0 Å². The molecular formula is C11H19N3O3. The fourth-order valence-corrected chi connectivity index (χ4v) is 2.26. The van der Waals surface area contributed by atoms with Crippen LogP contribution in [-0.2, 0) is 22.9 Å². The standard InChI is InChI=1S/C11H19N3O3/c1-14-8-9(12-13-14)7-10(15)11(16-2)3-5-17-6-4-11/h8,10,15H,3-7H2,1-2H3. The number of ether oxygens (including phenoxy) is 2. The normalized spacial score (nSPS) is 21.4. The van der Waals surface area contributed by atoms with Gasteiger partial charge in [0.25, 0.3) is 0 Å². The Morgan fingerprint density at radius 1 is 1.59 bits per heavy atom. The summed E-state index contributed by atoms with van der Waals surface area (Å²) in [6.45, 7) is 1.26. The minimum absolute atomic E-state index is 0.460. The first-order valence-corrected chi connectivity index (χ1v) is 5.82. The molecule has 1 aliphatic rings. The molecule has 1 aromatic heterocycles. The summed E-state index contributed by atoms with van der Waals surface area (Å²) in [4.78, 5) is 0. The summed E-state index contributed by atoms with van der Waals surface area (Å²) in [6, 6.07) is 0. The number of hydrogen-bond acceptors (Lipinski definition) is 5. The number of rotatable bonds is 4. The SMILES string of the molecule is COC1(C(O)Cc2cn(C)nn2)CCOCC1. The van der Waals surface area contributed by atoms with Gasteiger partial charge in [-0.3, -0.25) is 4.68 Å². The van der Waals surface area contributed by atoms with Crippen LogP contribution in [0.3, 0.4) is 0 Å². The van der Waals surface area contributed by atoms with Crippen LogP contribution in [0.5, 0.6) is 0 Å². The number of aromatic nitrogens is 3. The van der Waals surface area contributed by atoms with Crippen LogP contribution in [0.4, 0.5) is 0 Å². The largest absolute Gasteiger partial charge is 0.390 e. The van der Waals surface area contributed by atoms with Gasteiger partial charge < -0.3 is 14.6 Å². The van der Waals surface area contributed by atoms with E-state index in [2.05, 4.69) is 10.3 Å². The van der Waals surface area contributed by atoms with Crippen LogP contribution in [0.15, 0.2) is 6.20 Å². The van der Waals surface area contributed by atoms with Crippen molar-refractivity contribution in [3.05, 3.63) is 11.9 Å². The number of methoxy groups -OCH3 is 1. The number of hydrogen-bond donors (Lipinski definition) is 1. The Morgan fingerprint density at radius 3 is 2.82 bits per heavy atom. The molecule has 2 rings (SSSR count). The van der Waals surface area contributed by atoms with Crippen molar-refractivity contribution < 1.29 is 14.6 Å². The molecule has 96 valence electrons. The first-order chi connectivity index (χ1) is 8.16. The molecule has 0 saturated carbocycles. The van der Waals surface area contributed by atoms with Gasteiger partial charge in [-0.05, 0) is 0 Å². The Morgan fingerprint density at radius 2 is 2.29 bits per heavy atom. The van der Waals surface area contributed by atoms with E-state index in [4.69, 9.17) is 9.47 Å². The number of nitrogens with zero attached hydrogens (tertiary/aromatic N) is 3. The van der Waals surface area contributed by atoms with E-state index in [9.17, 15) is 5.11 Å². The van der Waals surface area contributed by atoms with E-state index in [-0.39, 0.29) is 0 Å². The second-order valence-corrected chi connectivity index (χ2v) is 4.48. The van der Waals surface area contributed by atoms with E-state index in [0.29, 0.717) is 32.5 Å². The number of aryl methyl sites for hydroxylation is 1. The molecule has 0 spiro atoms. The van der Waals surface area contributed by atoms with Crippen molar-refractivity contribution in [3.8, 4) is 0 Å². The highest BCUT2D eigenvalue weighted by molar-refractivity contribution is 5.00. The van der Waals surface area contributed by atoms with Crippen molar-refractivity contribution in [2.45, 2.75) is 31.0 Å². The zero-order valence-electron chi connectivity index (χ0n) is 10.3. The fraction of sp³-hybridized carbons (Fsp3) is 0.818. The summed E-state index contributed by atoms with van der Waals surface area (Å²) < 4.78 is 12.5. The Bertz CT molecular complexity index is 361. The summed E-state index contributed by atoms with van der Waals surface area (Å²) in [6.07, 6.45) is 3.12. The molecule has 1 unspecified atom stereocenters. The summed E-state index contributed by atoms with van der Waals surface area (Å²) in [5, 5.41) is 18.2. The highest BCUT2D eigenvalue weighted by Gasteiger charge is 2.40. The van der Waals surface area contributed by atoms with Crippen LogP contribution in [0.2, 0.25) is 0 Å². The van der Waals surface area contributed by atoms with Gasteiger partial charge in [0.2, 0.25) is 0 Å². The van der Waals surface area contributed by atoms with Gasteiger partial charge in [-0.2, -0.15) is 0 Å². The average molecular weight is 241 g/mol. The monoisotopic (exact) mass is 241 g/mol. The fourth-order valence-electron chi connectivity index (χ4n) is 2.26. The van der Waals surface area contributed by atoms with E-state index >= 15 is 0 Å². The number of aliphatic hydroxyl groups excluding tert-OH is 1. The maximum Gasteiger partial charge on any atom is 0.0984 e. The van der Waals surface area contributed by atoms with Gasteiger partial charge in [0, 0.05) is 52.8 Å². The van der Waals surface area contributed by atoms with Gasteiger partial charge in [-0.1, -0.05) is 5.21 Å². The van der Waals surface area contributed by atoms with E-state index < -0.39 is 11.7 Å². The quantitative estimate of drug-likeness (QED) is 0.798. The third-order valence-electron chi connectivity index (χ3n) is 3.41. The average Bonchev–Trinajstić information content (AvgIpc) is 2.75. The zero-order valence-corrected chi connectivity index (χ0v) is 10.3. The first-order valence-electron chi connectivity index (χ1n) is 5.82. The second kappa shape index (κ2) is 5.12. The van der Waals surface area contributed by atoms with Crippen LogP contribution in [-0.4, -0.2) is 52.1 Å². The predicted octanol–water partition coefficient (Wildman–Crippen LogP) is -0.0859. The van der Waals surface area contributed by atoms with E-state index in [1.807, 2.05) is 13.2 Å². The summed E-state index contributed by atoms with van der Waals surface area (Å²) in [5.74, 6) is 0. The third kappa shape index (κ3) is 2.65. The lowest BCUT2D eigenvalue weighted by Crippen LogP contribution is -2.49. The molecule has 0 amide bonds. The first kappa shape index (κ1) is 12.5. The van der Waals surface area contributed by atoms with Gasteiger partial charge in [0.1, 0.15) is 0 Å². The smallest absolute Gasteiger partial charge is 0.0984 e. The van der Waals surface area contributed by atoms with Crippen molar-refractivity contribution in [2.75, 3.05) is 20.3 Å². The van der Waals surface area contributed by atoms with Crippen LogP contribution in [0.1, 0.15) is 18.5 Å². The van der Waals surface area contributed by atoms with Crippen LogP contribution in [0, 0.1) is 0 Å². The summed E-state index contributed by atoms with van der Waals surface area (Å²) in [5.41, 5.74) is 0.276. The lowest BCUT2D eigenvalue weighted by Gasteiger charge is -2.39. The van der Waals surface area contributed by atoms with Crippen LogP contribution in [0.25, 0.3) is 0 Å². The van der Waals surface area contributed by atoms with Gasteiger partial charge in [0.05, 0.1) is 17.4 Å². The topological polar surface area (TPSA) is 69.4 Å². The lowest BCUT2D eigenvalue weighted by atomic mass is 9.85. The Hall–Kier alpha value is -0.980. The van der Waals surface area contributed by atoms with Crippen molar-refractivity contribution in [3.63, 3.8) is 0 Å². The Balaban J connectivity index is 2.04. The third-order valence-corrected chi connectivity index (χ3v) is 3.41. The molecule has 0 radical (unpaired) electrons. The van der Waals surface area contributed by atoms with Gasteiger partial charge >= 0.3 is 0 Å². The maximum atomic E-state index is 10.3. The molecule has 0 bridgehead atoms. The van der Waals surface area contributed by atoms with Gasteiger partial charge in [-0.15, -0.1) is 5.10 Å². The molecule has 1 aliphatic heterocycles. The highest BCUT2D eigenvalue weighted by Crippen LogP contribution is 2.29. The molecule has 1 fully saturated rings. The van der Waals surface area contributed by atoms with Crippen LogP contribution >= 0.6 is 0 Å². The lowest BCUT2D eigenvalue weighted by molar-refractivity contribution is -0.151. The Labute approximate surface area is 101 Å². The van der Waals surface area contributed by atoms with Crippen molar-refractivity contribution in [2.24, 2.45) is 7.05 Å². The van der Waals surface area contributed by atoms with E-state index in [0.717, 1.165) is 5.69 Å². The van der Waals surface area contributed by atoms with Crippen molar-refractivity contribution >= 4 is 0 Å². The summed E-state index contributed by atoms with van der Waals surface area (Å²) >= 11 is 0. The van der Waals surface area contributed by atoms with E-state index in [1.165, 1.54) is 0 Å². The molecule has 1 saturated heterocycles.